The number of rotatable bonds is 4. The van der Waals surface area contributed by atoms with E-state index >= 15 is 0 Å². The topological polar surface area (TPSA) is 59.8 Å². The van der Waals surface area contributed by atoms with E-state index in [1.165, 1.54) is 11.3 Å². The molecule has 7 heteroatoms. The van der Waals surface area contributed by atoms with Crippen LogP contribution in [0.25, 0.3) is 21.5 Å². The average Bonchev–Trinajstić information content (AvgIpc) is 3.22. The van der Waals surface area contributed by atoms with Gasteiger partial charge < -0.3 is 5.32 Å². The minimum absolute atomic E-state index is 0.0999. The molecule has 4 aromatic rings. The lowest BCUT2D eigenvalue weighted by Gasteiger charge is -2.03. The number of nitrogens with zero attached hydrogens (tertiary/aromatic N) is 3. The van der Waals surface area contributed by atoms with Gasteiger partial charge in [0.2, 0.25) is 0 Å². The summed E-state index contributed by atoms with van der Waals surface area (Å²) in [5.41, 5.74) is 2.78. The van der Waals surface area contributed by atoms with Gasteiger partial charge in [-0.15, -0.1) is 11.3 Å². The Morgan fingerprint density at radius 3 is 2.81 bits per heavy atom. The molecule has 0 aliphatic rings. The first-order valence-electron chi connectivity index (χ1n) is 8.01. The van der Waals surface area contributed by atoms with E-state index in [4.69, 9.17) is 11.6 Å². The zero-order valence-electron chi connectivity index (χ0n) is 13.9. The number of pyridine rings is 1. The average molecular weight is 383 g/mol. The van der Waals surface area contributed by atoms with Crippen molar-refractivity contribution in [2.24, 2.45) is 7.05 Å². The van der Waals surface area contributed by atoms with E-state index in [9.17, 15) is 4.79 Å². The van der Waals surface area contributed by atoms with E-state index in [0.717, 1.165) is 27.0 Å². The summed E-state index contributed by atoms with van der Waals surface area (Å²) < 4.78 is 1.81. The minimum Gasteiger partial charge on any atom is -0.347 e. The maximum absolute atomic E-state index is 12.5. The van der Waals surface area contributed by atoms with Gasteiger partial charge in [-0.25, -0.2) is 0 Å². The molecule has 26 heavy (non-hydrogen) atoms. The van der Waals surface area contributed by atoms with Crippen LogP contribution in [0, 0.1) is 0 Å². The Hall–Kier alpha value is -2.70. The number of fused-ring (bicyclic) bond motifs is 1. The van der Waals surface area contributed by atoms with Crippen LogP contribution >= 0.6 is 22.9 Å². The lowest BCUT2D eigenvalue weighted by atomic mass is 10.1. The van der Waals surface area contributed by atoms with Gasteiger partial charge in [0.05, 0.1) is 4.88 Å². The molecule has 0 radical (unpaired) electrons. The van der Waals surface area contributed by atoms with Gasteiger partial charge in [-0.3, -0.25) is 14.5 Å². The molecular weight excluding hydrogens is 368 g/mol. The van der Waals surface area contributed by atoms with E-state index < -0.39 is 0 Å². The predicted octanol–water partition coefficient (Wildman–Crippen LogP) is 4.28. The van der Waals surface area contributed by atoms with Gasteiger partial charge in [-0.1, -0.05) is 29.8 Å². The van der Waals surface area contributed by atoms with Crippen molar-refractivity contribution in [3.05, 3.63) is 70.3 Å². The maximum atomic E-state index is 12.5. The molecule has 0 unspecified atom stereocenters. The van der Waals surface area contributed by atoms with Crippen LogP contribution in [0.5, 0.6) is 0 Å². The van der Waals surface area contributed by atoms with Crippen molar-refractivity contribution < 1.29 is 4.79 Å². The van der Waals surface area contributed by atoms with Crippen molar-refractivity contribution >= 4 is 39.1 Å². The van der Waals surface area contributed by atoms with Crippen molar-refractivity contribution in [1.29, 1.82) is 0 Å². The Morgan fingerprint density at radius 1 is 1.27 bits per heavy atom. The largest absolute Gasteiger partial charge is 0.347 e. The third-order valence-electron chi connectivity index (χ3n) is 4.03. The molecule has 1 aromatic carbocycles. The lowest BCUT2D eigenvalue weighted by molar-refractivity contribution is 0.0955. The quantitative estimate of drug-likeness (QED) is 0.573. The molecule has 0 spiro atoms. The molecule has 4 rings (SSSR count). The van der Waals surface area contributed by atoms with Crippen LogP contribution in [0.2, 0.25) is 5.02 Å². The fourth-order valence-electron chi connectivity index (χ4n) is 2.75. The number of amides is 1. The Balaban J connectivity index is 1.62. The van der Waals surface area contributed by atoms with Crippen LogP contribution in [0.3, 0.4) is 0 Å². The van der Waals surface area contributed by atoms with Gasteiger partial charge in [0, 0.05) is 42.0 Å². The zero-order chi connectivity index (χ0) is 18.1. The standard InChI is InChI=1S/C19H15ClN4OS/c1-24-19-15(17(23-24)13-4-6-14(20)7-5-13)9-16(26-19)18(25)22-11-12-3-2-8-21-10-12/h2-10H,11H2,1H3,(H,22,25). The van der Waals surface area contributed by atoms with Gasteiger partial charge >= 0.3 is 0 Å². The van der Waals surface area contributed by atoms with E-state index in [1.54, 1.807) is 12.4 Å². The molecule has 0 atom stereocenters. The van der Waals surface area contributed by atoms with Crippen molar-refractivity contribution in [3.8, 4) is 11.3 Å². The van der Waals surface area contributed by atoms with Crippen LogP contribution in [0.4, 0.5) is 0 Å². The number of aryl methyl sites for hydroxylation is 1. The summed E-state index contributed by atoms with van der Waals surface area (Å²) in [6.07, 6.45) is 3.45. The zero-order valence-corrected chi connectivity index (χ0v) is 15.5. The molecule has 0 aliphatic heterocycles. The number of hydrogen-bond acceptors (Lipinski definition) is 4. The first kappa shape index (κ1) is 16.8. The molecule has 0 aliphatic carbocycles. The summed E-state index contributed by atoms with van der Waals surface area (Å²) in [5, 5.41) is 9.17. The highest BCUT2D eigenvalue weighted by Gasteiger charge is 2.17. The number of hydrogen-bond donors (Lipinski definition) is 1. The molecule has 0 saturated heterocycles. The highest BCUT2D eigenvalue weighted by Crippen LogP contribution is 2.34. The number of benzene rings is 1. The Labute approximate surface area is 159 Å². The first-order valence-corrected chi connectivity index (χ1v) is 9.21. The molecule has 0 fully saturated rings. The summed E-state index contributed by atoms with van der Waals surface area (Å²) >= 11 is 7.41. The molecule has 0 bridgehead atoms. The SMILES string of the molecule is Cn1nc(-c2ccc(Cl)cc2)c2cc(C(=O)NCc3cccnc3)sc21. The van der Waals surface area contributed by atoms with Crippen molar-refractivity contribution in [1.82, 2.24) is 20.1 Å². The molecule has 0 saturated carbocycles. The van der Waals surface area contributed by atoms with Crippen molar-refractivity contribution in [2.45, 2.75) is 6.54 Å². The van der Waals surface area contributed by atoms with Gasteiger partial charge in [0.15, 0.2) is 0 Å². The molecule has 1 N–H and O–H groups in total. The second kappa shape index (κ2) is 6.90. The lowest BCUT2D eigenvalue weighted by Crippen LogP contribution is -2.21. The minimum atomic E-state index is -0.0999. The summed E-state index contributed by atoms with van der Waals surface area (Å²) in [5.74, 6) is -0.0999. The van der Waals surface area contributed by atoms with E-state index in [2.05, 4.69) is 15.4 Å². The third kappa shape index (κ3) is 3.21. The van der Waals surface area contributed by atoms with Crippen LogP contribution in [-0.2, 0) is 13.6 Å². The summed E-state index contributed by atoms with van der Waals surface area (Å²) in [6, 6.07) is 13.2. The molecular formula is C19H15ClN4OS. The monoisotopic (exact) mass is 382 g/mol. The maximum Gasteiger partial charge on any atom is 0.261 e. The molecule has 3 aromatic heterocycles. The van der Waals surface area contributed by atoms with E-state index in [0.29, 0.717) is 16.4 Å². The first-order chi connectivity index (χ1) is 12.6. The Morgan fingerprint density at radius 2 is 2.08 bits per heavy atom. The smallest absolute Gasteiger partial charge is 0.261 e. The number of halogens is 1. The highest BCUT2D eigenvalue weighted by molar-refractivity contribution is 7.20. The molecule has 5 nitrogen and oxygen atoms in total. The van der Waals surface area contributed by atoms with Gasteiger partial charge in [-0.2, -0.15) is 5.10 Å². The Bertz CT molecular complexity index is 1070. The fourth-order valence-corrected chi connectivity index (χ4v) is 3.86. The second-order valence-electron chi connectivity index (χ2n) is 5.85. The highest BCUT2D eigenvalue weighted by atomic mass is 35.5. The molecule has 130 valence electrons. The van der Waals surface area contributed by atoms with Gasteiger partial charge in [-0.05, 0) is 29.8 Å². The summed E-state index contributed by atoms with van der Waals surface area (Å²) in [6.45, 7) is 0.448. The number of nitrogens with one attached hydrogen (secondary N) is 1. The fraction of sp³-hybridized carbons (Fsp3) is 0.105. The number of carbonyl (C=O) groups excluding carboxylic acids is 1. The van der Waals surface area contributed by atoms with Crippen LogP contribution in [-0.4, -0.2) is 20.7 Å². The normalized spacial score (nSPS) is 11.0. The second-order valence-corrected chi connectivity index (χ2v) is 7.32. The van der Waals surface area contributed by atoms with E-state index in [-0.39, 0.29) is 5.91 Å². The third-order valence-corrected chi connectivity index (χ3v) is 5.48. The number of aromatic nitrogens is 3. The van der Waals surface area contributed by atoms with Crippen molar-refractivity contribution in [3.63, 3.8) is 0 Å². The van der Waals surface area contributed by atoms with Crippen LogP contribution in [0.15, 0.2) is 54.9 Å². The van der Waals surface area contributed by atoms with Crippen molar-refractivity contribution in [2.75, 3.05) is 0 Å². The Kier molecular flexibility index (Phi) is 4.44. The summed E-state index contributed by atoms with van der Waals surface area (Å²) in [4.78, 5) is 18.2. The van der Waals surface area contributed by atoms with E-state index in [1.807, 2.05) is 54.2 Å². The van der Waals surface area contributed by atoms with Gasteiger partial charge in [0.25, 0.3) is 5.91 Å². The predicted molar refractivity (Wildman–Crippen MR) is 104 cm³/mol. The van der Waals surface area contributed by atoms with Gasteiger partial charge in [0.1, 0.15) is 10.5 Å². The summed E-state index contributed by atoms with van der Waals surface area (Å²) in [7, 11) is 1.88. The van der Waals surface area contributed by atoms with Crippen LogP contribution < -0.4 is 5.32 Å². The number of thiophene rings is 1. The van der Waals surface area contributed by atoms with Crippen LogP contribution in [0.1, 0.15) is 15.2 Å². The molecule has 3 heterocycles. The number of carbonyl (C=O) groups is 1. The molecule has 1 amide bonds.